The molecule has 0 bridgehead atoms. The van der Waals surface area contributed by atoms with E-state index in [-0.39, 0.29) is 5.69 Å². The van der Waals surface area contributed by atoms with Gasteiger partial charge in [0, 0.05) is 11.8 Å². The molecule has 0 aromatic heterocycles. The maximum absolute atomic E-state index is 13.0. The fourth-order valence-corrected chi connectivity index (χ4v) is 1.78. The smallest absolute Gasteiger partial charge is 0.318 e. The molecule has 126 valence electrons. The first-order valence-corrected chi connectivity index (χ1v) is 6.42. The molecule has 2 aromatic carbocycles. The summed E-state index contributed by atoms with van der Waals surface area (Å²) >= 11 is 0. The Morgan fingerprint density at radius 2 is 1.46 bits per heavy atom. The van der Waals surface area contributed by atoms with Crippen LogP contribution in [0.25, 0.3) is 0 Å². The van der Waals surface area contributed by atoms with Crippen molar-refractivity contribution in [1.29, 1.82) is 0 Å². The number of benzene rings is 2. The average molecular weight is 344 g/mol. The Kier molecular flexibility index (Phi) is 4.82. The number of halogens is 5. The lowest BCUT2D eigenvalue weighted by Crippen LogP contribution is -2.30. The van der Waals surface area contributed by atoms with Crippen LogP contribution in [0.5, 0.6) is 0 Å². The van der Waals surface area contributed by atoms with Gasteiger partial charge in [0.1, 0.15) is 0 Å². The van der Waals surface area contributed by atoms with Crippen LogP contribution in [-0.4, -0.2) is 11.8 Å². The van der Waals surface area contributed by atoms with Crippen molar-refractivity contribution in [3.63, 3.8) is 0 Å². The summed E-state index contributed by atoms with van der Waals surface area (Å²) in [4.78, 5) is 23.3. The third-order valence-electron chi connectivity index (χ3n) is 2.86. The van der Waals surface area contributed by atoms with Gasteiger partial charge in [0.25, 0.3) is 0 Å². The van der Waals surface area contributed by atoms with Crippen molar-refractivity contribution in [2.75, 3.05) is 10.6 Å². The number of amides is 2. The highest BCUT2D eigenvalue weighted by atomic mass is 19.4. The molecule has 0 aliphatic rings. The van der Waals surface area contributed by atoms with Gasteiger partial charge in [0.05, 0.1) is 11.3 Å². The van der Waals surface area contributed by atoms with Crippen molar-refractivity contribution in [3.05, 3.63) is 59.7 Å². The standard InChI is InChI=1S/C15H9F5N2O2/c16-10-6-5-8(7-11(10)17)21-13(23)14(24)22-12-4-2-1-3-9(12)15(18,19)20/h1-7H,(H,21,23)(H,22,24). The van der Waals surface area contributed by atoms with Crippen molar-refractivity contribution < 1.29 is 31.5 Å². The van der Waals surface area contributed by atoms with Crippen LogP contribution >= 0.6 is 0 Å². The van der Waals surface area contributed by atoms with Crippen LogP contribution in [0.4, 0.5) is 33.3 Å². The highest BCUT2D eigenvalue weighted by Crippen LogP contribution is 2.34. The summed E-state index contributed by atoms with van der Waals surface area (Å²) in [5.74, 6) is -5.14. The van der Waals surface area contributed by atoms with Crippen LogP contribution in [0.1, 0.15) is 5.56 Å². The summed E-state index contributed by atoms with van der Waals surface area (Å²) < 4.78 is 64.2. The molecule has 24 heavy (non-hydrogen) atoms. The quantitative estimate of drug-likeness (QED) is 0.646. The molecule has 0 heterocycles. The summed E-state index contributed by atoms with van der Waals surface area (Å²) in [6, 6.07) is 6.44. The summed E-state index contributed by atoms with van der Waals surface area (Å²) in [5, 5.41) is 3.77. The van der Waals surface area contributed by atoms with E-state index in [0.717, 1.165) is 30.3 Å². The Morgan fingerprint density at radius 1 is 0.833 bits per heavy atom. The molecule has 0 spiro atoms. The normalized spacial score (nSPS) is 11.0. The van der Waals surface area contributed by atoms with Gasteiger partial charge in [0.15, 0.2) is 11.6 Å². The number of carbonyl (C=O) groups is 2. The molecule has 2 amide bonds. The first-order valence-electron chi connectivity index (χ1n) is 6.42. The summed E-state index contributed by atoms with van der Waals surface area (Å²) in [7, 11) is 0. The molecule has 2 aromatic rings. The molecular weight excluding hydrogens is 335 g/mol. The maximum atomic E-state index is 13.0. The van der Waals surface area contributed by atoms with Crippen LogP contribution in [-0.2, 0) is 15.8 Å². The monoisotopic (exact) mass is 344 g/mol. The molecule has 0 aliphatic carbocycles. The van der Waals surface area contributed by atoms with Crippen molar-refractivity contribution in [2.45, 2.75) is 6.18 Å². The number of hydrogen-bond donors (Lipinski definition) is 2. The predicted octanol–water partition coefficient (Wildman–Crippen LogP) is 3.56. The summed E-state index contributed by atoms with van der Waals surface area (Å²) in [5.41, 5.74) is -1.95. The first-order chi connectivity index (χ1) is 11.2. The molecule has 0 aliphatic heterocycles. The fourth-order valence-electron chi connectivity index (χ4n) is 1.78. The minimum absolute atomic E-state index is 0.224. The second-order valence-electron chi connectivity index (χ2n) is 4.58. The molecule has 9 heteroatoms. The Balaban J connectivity index is 2.12. The zero-order valence-corrected chi connectivity index (χ0v) is 11.7. The second-order valence-corrected chi connectivity index (χ2v) is 4.58. The van der Waals surface area contributed by atoms with Gasteiger partial charge in [-0.05, 0) is 24.3 Å². The van der Waals surface area contributed by atoms with Crippen molar-refractivity contribution in [1.82, 2.24) is 0 Å². The van der Waals surface area contributed by atoms with Crippen LogP contribution in [0.2, 0.25) is 0 Å². The molecule has 2 rings (SSSR count). The van der Waals surface area contributed by atoms with Crippen LogP contribution < -0.4 is 10.6 Å². The number of nitrogens with one attached hydrogen (secondary N) is 2. The zero-order valence-electron chi connectivity index (χ0n) is 11.7. The lowest BCUT2D eigenvalue weighted by atomic mass is 10.1. The highest BCUT2D eigenvalue weighted by Gasteiger charge is 2.34. The van der Waals surface area contributed by atoms with Crippen molar-refractivity contribution >= 4 is 23.2 Å². The van der Waals surface area contributed by atoms with Gasteiger partial charge in [-0.15, -0.1) is 0 Å². The number of para-hydroxylation sites is 1. The lowest BCUT2D eigenvalue weighted by molar-refractivity contribution is -0.137. The number of alkyl halides is 3. The highest BCUT2D eigenvalue weighted by molar-refractivity contribution is 6.43. The van der Waals surface area contributed by atoms with Gasteiger partial charge < -0.3 is 10.6 Å². The average Bonchev–Trinajstić information content (AvgIpc) is 2.50. The predicted molar refractivity (Wildman–Crippen MR) is 75.1 cm³/mol. The van der Waals surface area contributed by atoms with Crippen LogP contribution in [0.15, 0.2) is 42.5 Å². The van der Waals surface area contributed by atoms with E-state index in [9.17, 15) is 31.5 Å². The van der Waals surface area contributed by atoms with E-state index in [0.29, 0.717) is 6.07 Å². The minimum atomic E-state index is -4.72. The van der Waals surface area contributed by atoms with Crippen molar-refractivity contribution in [3.8, 4) is 0 Å². The third kappa shape index (κ3) is 4.06. The Labute approximate surface area is 132 Å². The minimum Gasteiger partial charge on any atom is -0.318 e. The van der Waals surface area contributed by atoms with Crippen molar-refractivity contribution in [2.24, 2.45) is 0 Å². The van der Waals surface area contributed by atoms with E-state index < -0.39 is 40.9 Å². The lowest BCUT2D eigenvalue weighted by Gasteiger charge is -2.13. The Hall–Kier alpha value is -2.97. The van der Waals surface area contributed by atoms with Gasteiger partial charge in [-0.1, -0.05) is 12.1 Å². The Bertz CT molecular complexity index is 790. The second kappa shape index (κ2) is 6.65. The number of rotatable bonds is 2. The van der Waals surface area contributed by atoms with Gasteiger partial charge >= 0.3 is 18.0 Å². The molecule has 0 saturated heterocycles. The van der Waals surface area contributed by atoms with E-state index in [1.165, 1.54) is 6.07 Å². The molecule has 0 saturated carbocycles. The van der Waals surface area contributed by atoms with E-state index in [4.69, 9.17) is 0 Å². The number of hydrogen-bond acceptors (Lipinski definition) is 2. The molecule has 4 nitrogen and oxygen atoms in total. The third-order valence-corrected chi connectivity index (χ3v) is 2.86. The van der Waals surface area contributed by atoms with Gasteiger partial charge in [-0.3, -0.25) is 9.59 Å². The van der Waals surface area contributed by atoms with E-state index >= 15 is 0 Å². The van der Waals surface area contributed by atoms with Crippen LogP contribution in [0.3, 0.4) is 0 Å². The Morgan fingerprint density at radius 3 is 2.08 bits per heavy atom. The molecule has 0 radical (unpaired) electrons. The van der Waals surface area contributed by atoms with Gasteiger partial charge in [-0.25, -0.2) is 8.78 Å². The van der Waals surface area contributed by atoms with Gasteiger partial charge in [0.2, 0.25) is 0 Å². The van der Waals surface area contributed by atoms with E-state index in [2.05, 4.69) is 0 Å². The topological polar surface area (TPSA) is 58.2 Å². The summed E-state index contributed by atoms with van der Waals surface area (Å²) in [6.07, 6.45) is -4.72. The fraction of sp³-hybridized carbons (Fsp3) is 0.0667. The first kappa shape index (κ1) is 17.4. The van der Waals surface area contributed by atoms with Crippen LogP contribution in [0, 0.1) is 11.6 Å². The molecule has 0 fully saturated rings. The van der Waals surface area contributed by atoms with E-state index in [1.807, 2.05) is 10.6 Å². The summed E-state index contributed by atoms with van der Waals surface area (Å²) in [6.45, 7) is 0. The molecule has 0 atom stereocenters. The largest absolute Gasteiger partial charge is 0.418 e. The maximum Gasteiger partial charge on any atom is 0.418 e. The number of carbonyl (C=O) groups excluding carboxylic acids is 2. The molecule has 2 N–H and O–H groups in total. The zero-order chi connectivity index (χ0) is 17.9. The SMILES string of the molecule is O=C(Nc1ccc(F)c(F)c1)C(=O)Nc1ccccc1C(F)(F)F. The van der Waals surface area contributed by atoms with E-state index in [1.54, 1.807) is 0 Å². The molecule has 0 unspecified atom stereocenters. The van der Waals surface area contributed by atoms with Gasteiger partial charge in [-0.2, -0.15) is 13.2 Å². The number of anilines is 2. The molecular formula is C15H9F5N2O2.